The molecule has 2 unspecified atom stereocenters. The quantitative estimate of drug-likeness (QED) is 0.893. The molecule has 22 heavy (non-hydrogen) atoms. The van der Waals surface area contributed by atoms with E-state index in [0.717, 1.165) is 36.7 Å². The van der Waals surface area contributed by atoms with Crippen molar-refractivity contribution in [1.82, 2.24) is 10.2 Å². The molecule has 122 valence electrons. The Morgan fingerprint density at radius 1 is 1.23 bits per heavy atom. The fourth-order valence-electron chi connectivity index (χ4n) is 3.30. The molecule has 0 radical (unpaired) electrons. The zero-order chi connectivity index (χ0) is 14.7. The van der Waals surface area contributed by atoms with Gasteiger partial charge in [0.05, 0.1) is 5.75 Å². The standard InChI is InChI=1S/C16H21ClN2OS.ClH/c17-13-3-1-12(2-4-13)10-21-11-16(20)19-14-5-6-15(19)9-18-8-7-14;/h1-4,14-15,18H,5-11H2;1H. The molecule has 2 heterocycles. The van der Waals surface area contributed by atoms with Gasteiger partial charge in [0.25, 0.3) is 0 Å². The number of carbonyl (C=O) groups is 1. The third-order valence-corrected chi connectivity index (χ3v) is 5.59. The second kappa shape index (κ2) is 8.44. The smallest absolute Gasteiger partial charge is 0.233 e. The fourth-order valence-corrected chi connectivity index (χ4v) is 4.28. The molecule has 1 aromatic rings. The van der Waals surface area contributed by atoms with E-state index in [4.69, 9.17) is 11.6 Å². The molecule has 2 saturated heterocycles. The van der Waals surface area contributed by atoms with Crippen LogP contribution in [0.25, 0.3) is 0 Å². The van der Waals surface area contributed by atoms with Gasteiger partial charge in [-0.1, -0.05) is 23.7 Å². The number of benzene rings is 1. The first-order valence-electron chi connectivity index (χ1n) is 7.58. The van der Waals surface area contributed by atoms with Gasteiger partial charge in [-0.15, -0.1) is 24.2 Å². The van der Waals surface area contributed by atoms with Crippen molar-refractivity contribution in [2.24, 2.45) is 0 Å². The average molecular weight is 361 g/mol. The molecule has 1 N–H and O–H groups in total. The van der Waals surface area contributed by atoms with E-state index >= 15 is 0 Å². The van der Waals surface area contributed by atoms with Crippen LogP contribution >= 0.6 is 35.8 Å². The summed E-state index contributed by atoms with van der Waals surface area (Å²) in [6.07, 6.45) is 3.44. The molecule has 2 bridgehead atoms. The van der Waals surface area contributed by atoms with Crippen LogP contribution in [0.3, 0.4) is 0 Å². The summed E-state index contributed by atoms with van der Waals surface area (Å²) in [7, 11) is 0. The lowest BCUT2D eigenvalue weighted by molar-refractivity contribution is -0.130. The number of fused-ring (bicyclic) bond motifs is 2. The van der Waals surface area contributed by atoms with Crippen LogP contribution in [0.4, 0.5) is 0 Å². The third-order valence-electron chi connectivity index (χ3n) is 4.35. The third kappa shape index (κ3) is 4.31. The van der Waals surface area contributed by atoms with E-state index in [2.05, 4.69) is 10.2 Å². The van der Waals surface area contributed by atoms with Crippen LogP contribution in [-0.4, -0.2) is 41.7 Å². The summed E-state index contributed by atoms with van der Waals surface area (Å²) in [4.78, 5) is 14.7. The predicted molar refractivity (Wildman–Crippen MR) is 96.0 cm³/mol. The zero-order valence-electron chi connectivity index (χ0n) is 12.5. The molecule has 3 rings (SSSR count). The monoisotopic (exact) mass is 360 g/mol. The number of thioether (sulfide) groups is 1. The van der Waals surface area contributed by atoms with Crippen molar-refractivity contribution < 1.29 is 4.79 Å². The van der Waals surface area contributed by atoms with Crippen LogP contribution in [-0.2, 0) is 10.5 Å². The van der Waals surface area contributed by atoms with Gasteiger partial charge in [0.2, 0.25) is 5.91 Å². The number of halogens is 2. The Morgan fingerprint density at radius 3 is 2.73 bits per heavy atom. The number of hydrogen-bond acceptors (Lipinski definition) is 3. The maximum Gasteiger partial charge on any atom is 0.233 e. The number of nitrogens with zero attached hydrogens (tertiary/aromatic N) is 1. The van der Waals surface area contributed by atoms with Crippen molar-refractivity contribution in [3.63, 3.8) is 0 Å². The van der Waals surface area contributed by atoms with E-state index in [1.807, 2.05) is 24.3 Å². The van der Waals surface area contributed by atoms with Crippen LogP contribution in [0.15, 0.2) is 24.3 Å². The van der Waals surface area contributed by atoms with Gasteiger partial charge in [0, 0.05) is 29.4 Å². The van der Waals surface area contributed by atoms with E-state index in [-0.39, 0.29) is 12.4 Å². The maximum atomic E-state index is 12.5. The molecule has 0 saturated carbocycles. The first kappa shape index (κ1) is 17.9. The zero-order valence-corrected chi connectivity index (χ0v) is 14.9. The molecule has 2 fully saturated rings. The molecule has 0 aromatic heterocycles. The van der Waals surface area contributed by atoms with Gasteiger partial charge in [-0.05, 0) is 43.5 Å². The first-order valence-corrected chi connectivity index (χ1v) is 9.11. The summed E-state index contributed by atoms with van der Waals surface area (Å²) in [6, 6.07) is 8.74. The second-order valence-electron chi connectivity index (χ2n) is 5.80. The minimum Gasteiger partial charge on any atom is -0.335 e. The van der Waals surface area contributed by atoms with Gasteiger partial charge in [0.1, 0.15) is 0 Å². The van der Waals surface area contributed by atoms with E-state index in [0.29, 0.717) is 23.7 Å². The van der Waals surface area contributed by atoms with Crippen molar-refractivity contribution in [3.8, 4) is 0 Å². The highest BCUT2D eigenvalue weighted by Crippen LogP contribution is 2.29. The lowest BCUT2D eigenvalue weighted by Crippen LogP contribution is -2.43. The van der Waals surface area contributed by atoms with Crippen molar-refractivity contribution in [3.05, 3.63) is 34.9 Å². The van der Waals surface area contributed by atoms with Gasteiger partial charge in [-0.2, -0.15) is 0 Å². The highest BCUT2D eigenvalue weighted by Gasteiger charge is 2.37. The van der Waals surface area contributed by atoms with Gasteiger partial charge < -0.3 is 10.2 Å². The minimum absolute atomic E-state index is 0. The van der Waals surface area contributed by atoms with E-state index in [9.17, 15) is 4.79 Å². The van der Waals surface area contributed by atoms with Crippen molar-refractivity contribution >= 4 is 41.7 Å². The van der Waals surface area contributed by atoms with E-state index in [1.54, 1.807) is 11.8 Å². The fraction of sp³-hybridized carbons (Fsp3) is 0.562. The maximum absolute atomic E-state index is 12.5. The van der Waals surface area contributed by atoms with E-state index < -0.39 is 0 Å². The Bertz CT molecular complexity index is 483. The highest BCUT2D eigenvalue weighted by molar-refractivity contribution is 7.99. The van der Waals surface area contributed by atoms with Gasteiger partial charge >= 0.3 is 0 Å². The number of amides is 1. The highest BCUT2D eigenvalue weighted by atomic mass is 35.5. The molecular formula is C16H22Cl2N2OS. The summed E-state index contributed by atoms with van der Waals surface area (Å²) in [5.74, 6) is 1.75. The number of nitrogens with one attached hydrogen (secondary N) is 1. The van der Waals surface area contributed by atoms with E-state index in [1.165, 1.54) is 12.0 Å². The van der Waals surface area contributed by atoms with Crippen LogP contribution in [0.1, 0.15) is 24.8 Å². The normalized spacial score (nSPS) is 23.8. The molecule has 3 nitrogen and oxygen atoms in total. The Kier molecular flexibility index (Phi) is 6.87. The topological polar surface area (TPSA) is 32.3 Å². The van der Waals surface area contributed by atoms with Crippen LogP contribution in [0.2, 0.25) is 5.02 Å². The molecular weight excluding hydrogens is 339 g/mol. The molecule has 1 aromatic carbocycles. The molecule has 0 aliphatic carbocycles. The molecule has 2 aliphatic heterocycles. The van der Waals surface area contributed by atoms with Crippen molar-refractivity contribution in [2.75, 3.05) is 18.8 Å². The second-order valence-corrected chi connectivity index (χ2v) is 7.22. The van der Waals surface area contributed by atoms with Crippen molar-refractivity contribution in [2.45, 2.75) is 37.1 Å². The van der Waals surface area contributed by atoms with Crippen molar-refractivity contribution in [1.29, 1.82) is 0 Å². The summed E-state index contributed by atoms with van der Waals surface area (Å²) in [6.45, 7) is 2.01. The molecule has 6 heteroatoms. The lowest BCUT2D eigenvalue weighted by atomic mass is 10.1. The Morgan fingerprint density at radius 2 is 1.95 bits per heavy atom. The number of carbonyl (C=O) groups excluding carboxylic acids is 1. The van der Waals surface area contributed by atoms with Crippen LogP contribution < -0.4 is 5.32 Å². The largest absolute Gasteiger partial charge is 0.335 e. The Balaban J connectivity index is 0.00000176. The summed E-state index contributed by atoms with van der Waals surface area (Å²) in [5.41, 5.74) is 1.22. The molecule has 2 aliphatic rings. The Hall–Kier alpha value is -0.420. The molecule has 2 atom stereocenters. The van der Waals surface area contributed by atoms with Gasteiger partial charge in [-0.3, -0.25) is 4.79 Å². The average Bonchev–Trinajstić information content (AvgIpc) is 2.74. The number of hydrogen-bond donors (Lipinski definition) is 1. The SMILES string of the molecule is Cl.O=C(CSCc1ccc(Cl)cc1)N1C2CCNCC1CC2. The lowest BCUT2D eigenvalue weighted by Gasteiger charge is -2.27. The van der Waals surface area contributed by atoms with Gasteiger partial charge in [0.15, 0.2) is 0 Å². The summed E-state index contributed by atoms with van der Waals surface area (Å²) >= 11 is 7.58. The first-order chi connectivity index (χ1) is 10.2. The van der Waals surface area contributed by atoms with Crippen LogP contribution in [0, 0.1) is 0 Å². The predicted octanol–water partition coefficient (Wildman–Crippen LogP) is 3.35. The van der Waals surface area contributed by atoms with Gasteiger partial charge in [-0.25, -0.2) is 0 Å². The molecule has 1 amide bonds. The van der Waals surface area contributed by atoms with Crippen LogP contribution in [0.5, 0.6) is 0 Å². The minimum atomic E-state index is 0. The molecule has 0 spiro atoms. The Labute approximate surface area is 147 Å². The summed E-state index contributed by atoms with van der Waals surface area (Å²) in [5, 5.41) is 4.20. The summed E-state index contributed by atoms with van der Waals surface area (Å²) < 4.78 is 0. The number of rotatable bonds is 4.